The lowest BCUT2D eigenvalue weighted by Gasteiger charge is -2.33. The maximum absolute atomic E-state index is 14.4. The smallest absolute Gasteiger partial charge is 0.246 e. The molecule has 4 rings (SSSR count). The van der Waals surface area contributed by atoms with Crippen molar-refractivity contribution in [3.63, 3.8) is 0 Å². The number of carbonyl (C=O) groups is 6. The van der Waals surface area contributed by atoms with Crippen LogP contribution >= 0.6 is 11.8 Å². The lowest BCUT2D eigenvalue weighted by Crippen LogP contribution is -2.62. The third-order valence-electron chi connectivity index (χ3n) is 11.0. The third-order valence-corrected chi connectivity index (χ3v) is 12.2. The van der Waals surface area contributed by atoms with Crippen molar-refractivity contribution in [2.45, 2.75) is 141 Å². The molecule has 0 unspecified atom stereocenters. The molecule has 59 heavy (non-hydrogen) atoms. The third kappa shape index (κ3) is 12.7. The monoisotopic (exact) mass is 837 g/mol. The average molecular weight is 838 g/mol. The van der Waals surface area contributed by atoms with Crippen molar-refractivity contribution < 1.29 is 38.2 Å². The molecule has 16 heteroatoms. The zero-order valence-electron chi connectivity index (χ0n) is 35.7. The first-order valence-electron chi connectivity index (χ1n) is 20.4. The van der Waals surface area contributed by atoms with Crippen molar-refractivity contribution in [2.24, 2.45) is 10.9 Å². The summed E-state index contributed by atoms with van der Waals surface area (Å²) in [4.78, 5) is 90.9. The van der Waals surface area contributed by atoms with E-state index in [2.05, 4.69) is 39.7 Å². The minimum absolute atomic E-state index is 0.238. The van der Waals surface area contributed by atoms with Gasteiger partial charge in [0.1, 0.15) is 36.3 Å². The van der Waals surface area contributed by atoms with E-state index in [1.807, 2.05) is 37.3 Å². The number of nitrogens with zero attached hydrogens (tertiary/aromatic N) is 2. The fourth-order valence-corrected chi connectivity index (χ4v) is 8.05. The number of hydrogen-bond acceptors (Lipinski definition) is 10. The van der Waals surface area contributed by atoms with Gasteiger partial charge in [0.2, 0.25) is 35.4 Å². The van der Waals surface area contributed by atoms with Gasteiger partial charge in [-0.15, -0.1) is 24.9 Å². The van der Waals surface area contributed by atoms with Crippen LogP contribution in [0.5, 0.6) is 0 Å². The first kappa shape index (κ1) is 47.1. The van der Waals surface area contributed by atoms with Gasteiger partial charge >= 0.3 is 0 Å². The lowest BCUT2D eigenvalue weighted by molar-refractivity contribution is -0.142. The Hall–Kier alpha value is -4.54. The molecule has 3 heterocycles. The van der Waals surface area contributed by atoms with Crippen LogP contribution in [0.1, 0.15) is 80.2 Å². The zero-order valence-corrected chi connectivity index (χ0v) is 36.5. The maximum Gasteiger partial charge on any atom is 0.246 e. The molecule has 0 spiro atoms. The van der Waals surface area contributed by atoms with E-state index >= 15 is 0 Å². The molecule has 2 bridgehead atoms. The van der Waals surface area contributed by atoms with Crippen LogP contribution < -0.4 is 26.6 Å². The first-order valence-corrected chi connectivity index (χ1v) is 21.4. The van der Waals surface area contributed by atoms with Crippen molar-refractivity contribution in [3.8, 4) is 0 Å². The fraction of sp³-hybridized carbons (Fsp3) is 0.605. The predicted octanol–water partition coefficient (Wildman–Crippen LogP) is 2.59. The van der Waals surface area contributed by atoms with Crippen molar-refractivity contribution in [1.29, 1.82) is 0 Å². The van der Waals surface area contributed by atoms with Crippen molar-refractivity contribution in [1.82, 2.24) is 31.5 Å². The average Bonchev–Trinajstić information content (AvgIpc) is 3.91. The summed E-state index contributed by atoms with van der Waals surface area (Å²) in [5.41, 5.74) is -0.870. The summed E-state index contributed by atoms with van der Waals surface area (Å²) in [7, 11) is 0. The predicted molar refractivity (Wildman–Crippen MR) is 228 cm³/mol. The summed E-state index contributed by atoms with van der Waals surface area (Å²) in [6.45, 7) is 21.5. The second-order valence-corrected chi connectivity index (χ2v) is 17.7. The quantitative estimate of drug-likeness (QED) is 0.197. The van der Waals surface area contributed by atoms with Crippen LogP contribution in [0.2, 0.25) is 0 Å². The number of thioether (sulfide) groups is 1. The number of ether oxygens (including phenoxy) is 2. The highest BCUT2D eigenvalue weighted by Gasteiger charge is 2.41. The van der Waals surface area contributed by atoms with Gasteiger partial charge in [-0.3, -0.25) is 33.8 Å². The summed E-state index contributed by atoms with van der Waals surface area (Å²) >= 11 is 1.33. The number of nitrogens with one attached hydrogen (secondary N) is 5. The summed E-state index contributed by atoms with van der Waals surface area (Å²) in [5.74, 6) is -3.61. The number of hydrogen-bond donors (Lipinski definition) is 5. The number of aliphatic imine (C=N–C) groups is 1. The molecule has 1 fully saturated rings. The molecule has 0 radical (unpaired) electrons. The van der Waals surface area contributed by atoms with Crippen molar-refractivity contribution in [3.05, 3.63) is 61.2 Å². The van der Waals surface area contributed by atoms with E-state index in [4.69, 9.17) is 14.5 Å². The van der Waals surface area contributed by atoms with Crippen LogP contribution in [-0.2, 0) is 44.7 Å². The Labute approximate surface area is 352 Å². The molecule has 3 aliphatic rings. The highest BCUT2D eigenvalue weighted by atomic mass is 32.2. The number of fused-ring (bicyclic) bond motifs is 2. The van der Waals surface area contributed by atoms with E-state index in [1.54, 1.807) is 60.6 Å². The molecule has 6 amide bonds. The highest BCUT2D eigenvalue weighted by molar-refractivity contribution is 8.14. The van der Waals surface area contributed by atoms with Gasteiger partial charge in [0.05, 0.1) is 35.0 Å². The molecule has 15 nitrogen and oxygen atoms in total. The van der Waals surface area contributed by atoms with Crippen LogP contribution in [0.25, 0.3) is 0 Å². The van der Waals surface area contributed by atoms with Crippen LogP contribution in [0.3, 0.4) is 0 Å². The van der Waals surface area contributed by atoms with Gasteiger partial charge in [-0.25, -0.2) is 0 Å². The molecule has 0 aromatic heterocycles. The molecule has 5 N–H and O–H groups in total. The summed E-state index contributed by atoms with van der Waals surface area (Å²) in [6.07, 6.45) is 4.06. The topological polar surface area (TPSA) is 197 Å². The normalized spacial score (nSPS) is 27.8. The Balaban J connectivity index is 1.79. The molecule has 0 aliphatic carbocycles. The lowest BCUT2D eigenvalue weighted by atomic mass is 9.97. The maximum atomic E-state index is 14.4. The molecule has 1 aromatic carbocycles. The standard InChI is InChI=1S/C43H63N7O8S/c1-11-25(4)33-38(54)44-26(5)41(56)50-21-17-20-32(50)37(53)45-29(22-28-18-15-14-16-19-28)40-47-31(24-59-40)36(52)49-34(27(6)58-43(9,10)13-3)39(55)46-30(35(51)48-33)23-57-42(7,8)12-2/h12-16,18-19,25-27,29-34H,2-3,11,17,20-24H2,1,4-10H3,(H,44,54)(H,45,53)(H,46,55)(H,48,51)(H,49,52)/t25-,26-,27+,29-,30-,31+,32-,33-,34-/m0/s1. The minimum atomic E-state index is -1.35. The molecule has 1 saturated heterocycles. The molecule has 0 saturated carbocycles. The second kappa shape index (κ2) is 20.6. The first-order chi connectivity index (χ1) is 27.8. The Morgan fingerprint density at radius 3 is 2.12 bits per heavy atom. The van der Waals surface area contributed by atoms with Gasteiger partial charge in [-0.1, -0.05) is 62.8 Å². The largest absolute Gasteiger partial charge is 0.369 e. The molecule has 3 aliphatic heterocycles. The van der Waals surface area contributed by atoms with Gasteiger partial charge in [0.15, 0.2) is 0 Å². The van der Waals surface area contributed by atoms with E-state index in [0.29, 0.717) is 37.3 Å². The summed E-state index contributed by atoms with van der Waals surface area (Å²) < 4.78 is 12.2. The van der Waals surface area contributed by atoms with Gasteiger partial charge in [-0.2, -0.15) is 0 Å². The zero-order chi connectivity index (χ0) is 43.7. The molecular formula is C43H63N7O8S. The number of amides is 6. The Morgan fingerprint density at radius 1 is 0.847 bits per heavy atom. The van der Waals surface area contributed by atoms with E-state index < -0.39 is 95.1 Å². The molecule has 324 valence electrons. The Kier molecular flexibility index (Phi) is 16.5. The van der Waals surface area contributed by atoms with Crippen LogP contribution in [0.4, 0.5) is 0 Å². The second-order valence-electron chi connectivity index (χ2n) is 16.6. The van der Waals surface area contributed by atoms with Crippen molar-refractivity contribution in [2.75, 3.05) is 18.9 Å². The summed E-state index contributed by atoms with van der Waals surface area (Å²) in [6, 6.07) is 2.39. The van der Waals surface area contributed by atoms with Gasteiger partial charge < -0.3 is 41.0 Å². The van der Waals surface area contributed by atoms with Crippen LogP contribution in [0.15, 0.2) is 60.6 Å². The minimum Gasteiger partial charge on any atom is -0.369 e. The Morgan fingerprint density at radius 2 is 1.47 bits per heavy atom. The molecular weight excluding hydrogens is 775 g/mol. The van der Waals surface area contributed by atoms with Gasteiger partial charge in [0, 0.05) is 12.3 Å². The fourth-order valence-electron chi connectivity index (χ4n) is 6.95. The van der Waals surface area contributed by atoms with E-state index in [-0.39, 0.29) is 18.3 Å². The Bertz CT molecular complexity index is 1750. The van der Waals surface area contributed by atoms with E-state index in [1.165, 1.54) is 16.7 Å². The van der Waals surface area contributed by atoms with Gasteiger partial charge in [-0.05, 0) is 72.3 Å². The SMILES string of the molecule is C=CC(C)(C)OC[C@@H]1NC(=O)[C@H]([C@@H](C)OC(C)(C)C=C)NC(=O)[C@H]2CSC(=N2)[C@H](Cc2ccccc2)NC(=O)[C@@H]2CCCN2C(=O)[C@H](C)NC(=O)[C@H]([C@@H](C)CC)NC1=O. The number of carbonyl (C=O) groups excluding carboxylic acids is 6. The highest BCUT2D eigenvalue weighted by Crippen LogP contribution is 2.25. The van der Waals surface area contributed by atoms with E-state index in [9.17, 15) is 28.8 Å². The van der Waals surface area contributed by atoms with Crippen LogP contribution in [-0.4, -0.2) is 124 Å². The summed E-state index contributed by atoms with van der Waals surface area (Å²) in [5, 5.41) is 14.8. The molecule has 9 atom stereocenters. The van der Waals surface area contributed by atoms with Crippen molar-refractivity contribution >= 4 is 52.2 Å². The van der Waals surface area contributed by atoms with Crippen LogP contribution in [0, 0.1) is 5.92 Å². The van der Waals surface area contributed by atoms with Gasteiger partial charge in [0.25, 0.3) is 0 Å². The molecule has 1 aromatic rings. The van der Waals surface area contributed by atoms with E-state index in [0.717, 1.165) is 5.56 Å². The number of rotatable bonds is 12. The number of benzene rings is 1.